The van der Waals surface area contributed by atoms with Gasteiger partial charge in [-0.15, -0.1) is 0 Å². The molecule has 0 fully saturated rings. The van der Waals surface area contributed by atoms with Crippen LogP contribution in [0.25, 0.3) is 0 Å². The SMILES string of the molecule is FC(F)(F)C(F)(F)C(F)(F)C(F)(F)C(F)(F)C(F)(F)C(F)(F)C(F)(F)CCCCCCCCS. The van der Waals surface area contributed by atoms with Crippen LogP contribution in [0.1, 0.15) is 44.9 Å². The molecule has 0 aromatic carbocycles. The van der Waals surface area contributed by atoms with Gasteiger partial charge in [0, 0.05) is 6.42 Å². The highest BCUT2D eigenvalue weighted by atomic mass is 32.1. The minimum atomic E-state index is -8.57. The Bertz CT molecular complexity index is 652. The standard InChI is InChI=1S/C16H17F17S/c17-9(18,7-5-3-1-2-4-6-8-34)10(19,20)11(21,22)12(23,24)13(25,26)14(27,28)15(29,30)16(31,32)33/h34H,1-8H2. The Balaban J connectivity index is 5.98. The highest BCUT2D eigenvalue weighted by Crippen LogP contribution is 2.64. The maximum Gasteiger partial charge on any atom is 0.460 e. The molecule has 0 aromatic rings. The molecule has 0 aliphatic heterocycles. The lowest BCUT2D eigenvalue weighted by Gasteiger charge is -2.42. The maximum absolute atomic E-state index is 13.6. The zero-order valence-corrected chi connectivity index (χ0v) is 17.4. The fraction of sp³-hybridized carbons (Fsp3) is 1.00. The molecular formula is C16H17F17S. The first-order chi connectivity index (χ1) is 14.8. The Kier molecular flexibility index (Phi) is 10.0. The molecule has 0 aliphatic rings. The number of hydrogen-bond acceptors (Lipinski definition) is 1. The topological polar surface area (TPSA) is 0 Å². The summed E-state index contributed by atoms with van der Waals surface area (Å²) in [6, 6.07) is 0. The third kappa shape index (κ3) is 5.44. The fourth-order valence-corrected chi connectivity index (χ4v) is 2.74. The number of hydrogen-bond donors (Lipinski definition) is 1. The molecule has 0 aliphatic carbocycles. The largest absolute Gasteiger partial charge is 0.460 e. The van der Waals surface area contributed by atoms with E-state index < -0.39 is 60.5 Å². The third-order valence-corrected chi connectivity index (χ3v) is 5.00. The van der Waals surface area contributed by atoms with Crippen molar-refractivity contribution in [2.45, 2.75) is 92.6 Å². The van der Waals surface area contributed by atoms with Crippen LogP contribution in [-0.2, 0) is 0 Å². The summed E-state index contributed by atoms with van der Waals surface area (Å²) in [6.45, 7) is 0. The average Bonchev–Trinajstić information content (AvgIpc) is 2.65. The summed E-state index contributed by atoms with van der Waals surface area (Å²) < 4.78 is 223. The minimum absolute atomic E-state index is 0.0544. The lowest BCUT2D eigenvalue weighted by Crippen LogP contribution is -2.74. The smallest absolute Gasteiger partial charge is 0.200 e. The van der Waals surface area contributed by atoms with Gasteiger partial charge >= 0.3 is 47.6 Å². The van der Waals surface area contributed by atoms with Gasteiger partial charge < -0.3 is 0 Å². The van der Waals surface area contributed by atoms with Crippen LogP contribution >= 0.6 is 12.6 Å². The van der Waals surface area contributed by atoms with Crippen molar-refractivity contribution in [3.8, 4) is 0 Å². The van der Waals surface area contributed by atoms with Crippen molar-refractivity contribution in [2.75, 3.05) is 5.75 Å². The first-order valence-corrected chi connectivity index (χ1v) is 9.76. The first kappa shape index (κ1) is 33.2. The summed E-state index contributed by atoms with van der Waals surface area (Å²) in [6.07, 6.45) is -10.1. The van der Waals surface area contributed by atoms with Gasteiger partial charge in [-0.25, -0.2) is 0 Å². The summed E-state index contributed by atoms with van der Waals surface area (Å²) in [4.78, 5) is 0. The Labute approximate surface area is 186 Å². The zero-order chi connectivity index (χ0) is 27.7. The highest BCUT2D eigenvalue weighted by Gasteiger charge is 2.95. The molecule has 18 heteroatoms. The second-order valence-electron chi connectivity index (χ2n) is 7.24. The van der Waals surface area contributed by atoms with Gasteiger partial charge in [-0.3, -0.25) is 0 Å². The van der Waals surface area contributed by atoms with Crippen LogP contribution in [0, 0.1) is 0 Å². The molecule has 0 unspecified atom stereocenters. The minimum Gasteiger partial charge on any atom is -0.200 e. The first-order valence-electron chi connectivity index (χ1n) is 9.13. The van der Waals surface area contributed by atoms with E-state index in [4.69, 9.17) is 0 Å². The molecule has 34 heavy (non-hydrogen) atoms. The van der Waals surface area contributed by atoms with Crippen LogP contribution in [0.4, 0.5) is 74.6 Å². The van der Waals surface area contributed by atoms with Crippen LogP contribution in [0.15, 0.2) is 0 Å². The van der Waals surface area contributed by atoms with Crippen LogP contribution in [0.3, 0.4) is 0 Å². The van der Waals surface area contributed by atoms with Crippen LogP contribution in [0.2, 0.25) is 0 Å². The molecule has 0 saturated carbocycles. The van der Waals surface area contributed by atoms with E-state index in [-0.39, 0.29) is 12.8 Å². The van der Waals surface area contributed by atoms with Gasteiger partial charge in [0.1, 0.15) is 0 Å². The van der Waals surface area contributed by atoms with E-state index in [2.05, 4.69) is 12.6 Å². The molecule has 0 aromatic heterocycles. The Hall–Kier alpha value is -0.840. The van der Waals surface area contributed by atoms with Gasteiger partial charge in [0.15, 0.2) is 0 Å². The number of thiol groups is 1. The summed E-state index contributed by atoms with van der Waals surface area (Å²) >= 11 is 3.84. The van der Waals surface area contributed by atoms with Crippen molar-refractivity contribution < 1.29 is 74.6 Å². The van der Waals surface area contributed by atoms with Gasteiger partial charge in [-0.05, 0) is 18.6 Å². The van der Waals surface area contributed by atoms with E-state index in [1.165, 1.54) is 0 Å². The molecule has 0 rings (SSSR count). The molecule has 206 valence electrons. The van der Waals surface area contributed by atoms with Crippen LogP contribution < -0.4 is 0 Å². The van der Waals surface area contributed by atoms with E-state index in [1.54, 1.807) is 0 Å². The second-order valence-corrected chi connectivity index (χ2v) is 7.69. The lowest BCUT2D eigenvalue weighted by atomic mass is 9.87. The normalized spacial score (nSPS) is 15.7. The van der Waals surface area contributed by atoms with E-state index in [1.807, 2.05) is 0 Å². The molecule has 0 atom stereocenters. The van der Waals surface area contributed by atoms with Crippen LogP contribution in [-0.4, -0.2) is 53.4 Å². The summed E-state index contributed by atoms with van der Waals surface area (Å²) in [5.74, 6) is -55.3. The summed E-state index contributed by atoms with van der Waals surface area (Å²) in [5.41, 5.74) is 0. The molecule has 0 radical (unpaired) electrons. The van der Waals surface area contributed by atoms with E-state index in [0.29, 0.717) is 25.0 Å². The molecular weight excluding hydrogens is 547 g/mol. The molecule has 0 bridgehead atoms. The zero-order valence-electron chi connectivity index (χ0n) is 16.5. The van der Waals surface area contributed by atoms with Crippen molar-refractivity contribution in [1.82, 2.24) is 0 Å². The van der Waals surface area contributed by atoms with Crippen molar-refractivity contribution in [3.05, 3.63) is 0 Å². The van der Waals surface area contributed by atoms with Crippen molar-refractivity contribution in [1.29, 1.82) is 0 Å². The third-order valence-electron chi connectivity index (χ3n) is 4.69. The lowest BCUT2D eigenvalue weighted by molar-refractivity contribution is -0.461. The van der Waals surface area contributed by atoms with E-state index in [0.717, 1.165) is 0 Å². The number of halogens is 17. The highest BCUT2D eigenvalue weighted by molar-refractivity contribution is 7.80. The fourth-order valence-electron chi connectivity index (χ4n) is 2.52. The number of alkyl halides is 17. The maximum atomic E-state index is 13.6. The van der Waals surface area contributed by atoms with Gasteiger partial charge in [0.05, 0.1) is 0 Å². The van der Waals surface area contributed by atoms with Gasteiger partial charge in [0.25, 0.3) is 0 Å². The van der Waals surface area contributed by atoms with Crippen LogP contribution in [0.5, 0.6) is 0 Å². The molecule has 0 amide bonds. The molecule has 0 N–H and O–H groups in total. The Morgan fingerprint density at radius 3 is 1.00 bits per heavy atom. The summed E-state index contributed by atoms with van der Waals surface area (Å²) in [5, 5.41) is 0. The summed E-state index contributed by atoms with van der Waals surface area (Å²) in [7, 11) is 0. The van der Waals surface area contributed by atoms with E-state index in [9.17, 15) is 74.6 Å². The quantitative estimate of drug-likeness (QED) is 0.122. The monoisotopic (exact) mass is 564 g/mol. The molecule has 0 heterocycles. The predicted molar refractivity (Wildman–Crippen MR) is 86.9 cm³/mol. The number of rotatable bonds is 14. The molecule has 0 spiro atoms. The van der Waals surface area contributed by atoms with Gasteiger partial charge in [-0.1, -0.05) is 25.7 Å². The second kappa shape index (κ2) is 10.3. The molecule has 0 nitrogen and oxygen atoms in total. The van der Waals surface area contributed by atoms with Gasteiger partial charge in [-0.2, -0.15) is 87.3 Å². The van der Waals surface area contributed by atoms with E-state index >= 15 is 0 Å². The Morgan fingerprint density at radius 2 is 0.647 bits per heavy atom. The predicted octanol–water partition coefficient (Wildman–Crippen LogP) is 8.66. The van der Waals surface area contributed by atoms with Gasteiger partial charge in [0.2, 0.25) is 0 Å². The van der Waals surface area contributed by atoms with Crippen molar-refractivity contribution in [3.63, 3.8) is 0 Å². The Morgan fingerprint density at radius 1 is 0.353 bits per heavy atom. The number of unbranched alkanes of at least 4 members (excludes halogenated alkanes) is 5. The van der Waals surface area contributed by atoms with Crippen molar-refractivity contribution in [2.24, 2.45) is 0 Å². The van der Waals surface area contributed by atoms with Crippen molar-refractivity contribution >= 4 is 12.6 Å². The molecule has 0 saturated heterocycles. The average molecular weight is 564 g/mol.